The number of nitrogens with one attached hydrogen (secondary N) is 2. The molecule has 8 nitrogen and oxygen atoms in total. The van der Waals surface area contributed by atoms with Crippen LogP contribution in [0.2, 0.25) is 0 Å². The zero-order valence-electron chi connectivity index (χ0n) is 17.2. The molecule has 0 bridgehead atoms. The highest BCUT2D eigenvalue weighted by Gasteiger charge is 2.24. The number of urea groups is 1. The molecule has 0 saturated carbocycles. The topological polar surface area (TPSA) is 89.1 Å². The molecule has 1 saturated heterocycles. The Hall–Kier alpha value is -2.64. The molecular weight excluding hydrogens is 362 g/mol. The number of nitrogens with zero attached hydrogens (tertiary/aromatic N) is 1. The summed E-state index contributed by atoms with van der Waals surface area (Å²) in [6.45, 7) is 3.25. The molecule has 2 N–H and O–H groups in total. The van der Waals surface area contributed by atoms with Crippen LogP contribution in [0.1, 0.15) is 39.0 Å². The summed E-state index contributed by atoms with van der Waals surface area (Å²) < 4.78 is 15.9. The van der Waals surface area contributed by atoms with Gasteiger partial charge in [0, 0.05) is 37.7 Å². The molecule has 1 aromatic rings. The smallest absolute Gasteiger partial charge is 0.321 e. The van der Waals surface area contributed by atoms with Gasteiger partial charge in [-0.15, -0.1) is 0 Å². The minimum atomic E-state index is -0.190. The van der Waals surface area contributed by atoms with E-state index in [2.05, 4.69) is 17.6 Å². The third-order valence-corrected chi connectivity index (χ3v) is 4.82. The molecule has 0 spiro atoms. The van der Waals surface area contributed by atoms with Gasteiger partial charge < -0.3 is 29.7 Å². The Morgan fingerprint density at radius 1 is 1.07 bits per heavy atom. The molecular formula is C20H31N3O5. The Bertz CT molecular complexity index is 647. The highest BCUT2D eigenvalue weighted by atomic mass is 16.5. The predicted octanol–water partition coefficient (Wildman–Crippen LogP) is 3.02. The maximum absolute atomic E-state index is 12.6. The summed E-state index contributed by atoms with van der Waals surface area (Å²) in [5.41, 5.74) is 0.564. The van der Waals surface area contributed by atoms with Gasteiger partial charge in [0.25, 0.3) is 0 Å². The maximum atomic E-state index is 12.6. The van der Waals surface area contributed by atoms with Gasteiger partial charge in [0.15, 0.2) is 11.5 Å². The number of hydrogen-bond acceptors (Lipinski definition) is 5. The van der Waals surface area contributed by atoms with Gasteiger partial charge in [-0.3, -0.25) is 4.79 Å². The molecule has 2 rings (SSSR count). The van der Waals surface area contributed by atoms with Crippen molar-refractivity contribution in [2.75, 3.05) is 39.7 Å². The SMILES string of the molecule is CCCCC(=O)NC1CCN(C(=O)Nc2cc(OC)c(OC)c(OC)c2)CC1. The van der Waals surface area contributed by atoms with E-state index in [1.54, 1.807) is 17.0 Å². The van der Waals surface area contributed by atoms with Crippen molar-refractivity contribution in [2.24, 2.45) is 0 Å². The Labute approximate surface area is 166 Å². The second kappa shape index (κ2) is 10.6. The van der Waals surface area contributed by atoms with Crippen molar-refractivity contribution in [3.63, 3.8) is 0 Å². The summed E-state index contributed by atoms with van der Waals surface area (Å²) in [5, 5.41) is 5.94. The third kappa shape index (κ3) is 5.68. The number of likely N-dealkylation sites (tertiary alicyclic amines) is 1. The molecule has 1 aromatic carbocycles. The van der Waals surface area contributed by atoms with Gasteiger partial charge in [-0.2, -0.15) is 0 Å². The summed E-state index contributed by atoms with van der Waals surface area (Å²) in [6.07, 6.45) is 3.98. The highest BCUT2D eigenvalue weighted by Crippen LogP contribution is 2.40. The molecule has 28 heavy (non-hydrogen) atoms. The number of amides is 3. The number of unbranched alkanes of at least 4 members (excludes halogenated alkanes) is 1. The number of rotatable bonds is 8. The second-order valence-corrected chi connectivity index (χ2v) is 6.78. The van der Waals surface area contributed by atoms with Crippen LogP contribution >= 0.6 is 0 Å². The molecule has 1 fully saturated rings. The number of anilines is 1. The van der Waals surface area contributed by atoms with Crippen LogP contribution in [0.15, 0.2) is 12.1 Å². The van der Waals surface area contributed by atoms with Crippen LogP contribution < -0.4 is 24.8 Å². The minimum absolute atomic E-state index is 0.0992. The van der Waals surface area contributed by atoms with Gasteiger partial charge in [0.1, 0.15) is 0 Å². The predicted molar refractivity (Wildman–Crippen MR) is 107 cm³/mol. The first-order chi connectivity index (χ1) is 13.5. The lowest BCUT2D eigenvalue weighted by molar-refractivity contribution is -0.122. The number of methoxy groups -OCH3 is 3. The van der Waals surface area contributed by atoms with Crippen LogP contribution in [0.3, 0.4) is 0 Å². The van der Waals surface area contributed by atoms with E-state index in [0.29, 0.717) is 42.4 Å². The quantitative estimate of drug-likeness (QED) is 0.709. The van der Waals surface area contributed by atoms with Crippen molar-refractivity contribution in [1.29, 1.82) is 0 Å². The van der Waals surface area contributed by atoms with Crippen molar-refractivity contribution in [3.05, 3.63) is 12.1 Å². The molecule has 0 atom stereocenters. The van der Waals surface area contributed by atoms with Gasteiger partial charge in [-0.1, -0.05) is 13.3 Å². The molecule has 1 aliphatic rings. The molecule has 8 heteroatoms. The van der Waals surface area contributed by atoms with E-state index in [4.69, 9.17) is 14.2 Å². The fourth-order valence-electron chi connectivity index (χ4n) is 3.22. The van der Waals surface area contributed by atoms with E-state index < -0.39 is 0 Å². The highest BCUT2D eigenvalue weighted by molar-refractivity contribution is 5.90. The van der Waals surface area contributed by atoms with E-state index in [1.807, 2.05) is 0 Å². The van der Waals surface area contributed by atoms with Crippen LogP contribution in [-0.2, 0) is 4.79 Å². The average molecular weight is 393 g/mol. The number of carbonyl (C=O) groups is 2. The van der Waals surface area contributed by atoms with Crippen LogP contribution in [-0.4, -0.2) is 57.3 Å². The molecule has 3 amide bonds. The average Bonchev–Trinajstić information content (AvgIpc) is 2.71. The van der Waals surface area contributed by atoms with Gasteiger partial charge in [0.05, 0.1) is 27.0 Å². The Balaban J connectivity index is 1.91. The Kier molecular flexibility index (Phi) is 8.22. The van der Waals surface area contributed by atoms with Gasteiger partial charge in [-0.05, 0) is 19.3 Å². The Morgan fingerprint density at radius 3 is 2.18 bits per heavy atom. The first-order valence-electron chi connectivity index (χ1n) is 9.67. The van der Waals surface area contributed by atoms with Gasteiger partial charge >= 0.3 is 6.03 Å². The number of carbonyl (C=O) groups excluding carboxylic acids is 2. The number of ether oxygens (including phenoxy) is 3. The first-order valence-corrected chi connectivity index (χ1v) is 9.67. The lowest BCUT2D eigenvalue weighted by Crippen LogP contribution is -2.47. The lowest BCUT2D eigenvalue weighted by atomic mass is 10.0. The zero-order valence-corrected chi connectivity index (χ0v) is 17.2. The van der Waals surface area contributed by atoms with E-state index >= 15 is 0 Å². The second-order valence-electron chi connectivity index (χ2n) is 6.78. The number of piperidine rings is 1. The molecule has 0 aromatic heterocycles. The van der Waals surface area contributed by atoms with Crippen molar-refractivity contribution < 1.29 is 23.8 Å². The molecule has 0 radical (unpaired) electrons. The lowest BCUT2D eigenvalue weighted by Gasteiger charge is -2.32. The summed E-state index contributed by atoms with van der Waals surface area (Å²) in [6, 6.07) is 3.33. The minimum Gasteiger partial charge on any atom is -0.493 e. The summed E-state index contributed by atoms with van der Waals surface area (Å²) >= 11 is 0. The fourth-order valence-corrected chi connectivity index (χ4v) is 3.22. The zero-order chi connectivity index (χ0) is 20.5. The normalized spacial score (nSPS) is 14.4. The van der Waals surface area contributed by atoms with Crippen LogP contribution in [0.5, 0.6) is 17.2 Å². The molecule has 0 aliphatic carbocycles. The van der Waals surface area contributed by atoms with Crippen molar-refractivity contribution >= 4 is 17.6 Å². The van der Waals surface area contributed by atoms with Crippen molar-refractivity contribution in [3.8, 4) is 17.2 Å². The van der Waals surface area contributed by atoms with Crippen molar-refractivity contribution in [1.82, 2.24) is 10.2 Å². The Morgan fingerprint density at radius 2 is 1.68 bits per heavy atom. The van der Waals surface area contributed by atoms with Gasteiger partial charge in [0.2, 0.25) is 11.7 Å². The first kappa shape index (κ1) is 21.7. The van der Waals surface area contributed by atoms with Crippen LogP contribution in [0.25, 0.3) is 0 Å². The standard InChI is InChI=1S/C20H31N3O5/c1-5-6-7-18(24)21-14-8-10-23(11-9-14)20(25)22-15-12-16(26-2)19(28-4)17(13-15)27-3/h12-14H,5-11H2,1-4H3,(H,21,24)(H,22,25). The van der Waals surface area contributed by atoms with E-state index in [-0.39, 0.29) is 18.0 Å². The largest absolute Gasteiger partial charge is 0.493 e. The van der Waals surface area contributed by atoms with Crippen LogP contribution in [0.4, 0.5) is 10.5 Å². The molecule has 1 aliphatic heterocycles. The molecule has 1 heterocycles. The summed E-state index contributed by atoms with van der Waals surface area (Å²) in [4.78, 5) is 26.2. The maximum Gasteiger partial charge on any atom is 0.321 e. The summed E-state index contributed by atoms with van der Waals surface area (Å²) in [7, 11) is 4.59. The van der Waals surface area contributed by atoms with E-state index in [0.717, 1.165) is 25.7 Å². The van der Waals surface area contributed by atoms with Gasteiger partial charge in [-0.25, -0.2) is 4.79 Å². The number of benzene rings is 1. The molecule has 0 unspecified atom stereocenters. The van der Waals surface area contributed by atoms with E-state index in [1.165, 1.54) is 21.3 Å². The monoisotopic (exact) mass is 393 g/mol. The van der Waals surface area contributed by atoms with E-state index in [9.17, 15) is 9.59 Å². The number of hydrogen-bond donors (Lipinski definition) is 2. The fraction of sp³-hybridized carbons (Fsp3) is 0.600. The van der Waals surface area contributed by atoms with Crippen molar-refractivity contribution in [2.45, 2.75) is 45.1 Å². The molecule has 156 valence electrons. The summed E-state index contributed by atoms with van der Waals surface area (Å²) in [5.74, 6) is 1.53. The van der Waals surface area contributed by atoms with Crippen LogP contribution in [0, 0.1) is 0 Å². The third-order valence-electron chi connectivity index (χ3n) is 4.82.